The summed E-state index contributed by atoms with van der Waals surface area (Å²) in [5.41, 5.74) is 0.726. The average Bonchev–Trinajstić information content (AvgIpc) is 3.00. The number of nitrogens with zero attached hydrogens (tertiary/aromatic N) is 2. The zero-order valence-corrected chi connectivity index (χ0v) is 13.7. The largest absolute Gasteiger partial charge is 0.380 e. The van der Waals surface area contributed by atoms with E-state index in [0.717, 1.165) is 35.1 Å². The van der Waals surface area contributed by atoms with E-state index in [1.165, 1.54) is 0 Å². The van der Waals surface area contributed by atoms with Crippen LogP contribution in [0.5, 0.6) is 0 Å². The fraction of sp³-hybridized carbons (Fsp3) is 0.444. The Bertz CT molecular complexity index is 721. The van der Waals surface area contributed by atoms with Crippen LogP contribution in [0.3, 0.4) is 0 Å². The van der Waals surface area contributed by atoms with E-state index in [-0.39, 0.29) is 5.91 Å². The van der Waals surface area contributed by atoms with Crippen molar-refractivity contribution in [3.63, 3.8) is 0 Å². The summed E-state index contributed by atoms with van der Waals surface area (Å²) >= 11 is 0. The number of hydrogen-bond donors (Lipinski definition) is 2. The molecule has 5 nitrogen and oxygen atoms in total. The second kappa shape index (κ2) is 6.16. The minimum absolute atomic E-state index is 0.262. The van der Waals surface area contributed by atoms with Gasteiger partial charge in [-0.25, -0.2) is 4.98 Å². The summed E-state index contributed by atoms with van der Waals surface area (Å²) in [5.74, 6) is 0.592. The van der Waals surface area contributed by atoms with Gasteiger partial charge in [0.25, 0.3) is 5.91 Å². The van der Waals surface area contributed by atoms with E-state index in [4.69, 9.17) is 0 Å². The Labute approximate surface area is 136 Å². The van der Waals surface area contributed by atoms with Crippen LogP contribution >= 0.6 is 0 Å². The third-order valence-corrected chi connectivity index (χ3v) is 4.54. The van der Waals surface area contributed by atoms with E-state index in [1.807, 2.05) is 49.3 Å². The Morgan fingerprint density at radius 1 is 1.30 bits per heavy atom. The highest BCUT2D eigenvalue weighted by atomic mass is 16.3. The lowest BCUT2D eigenvalue weighted by Crippen LogP contribution is -2.44. The number of rotatable bonds is 4. The van der Waals surface area contributed by atoms with Crippen LogP contribution in [0.25, 0.3) is 10.9 Å². The maximum absolute atomic E-state index is 12.3. The van der Waals surface area contributed by atoms with Crippen LogP contribution < -0.4 is 10.2 Å². The minimum atomic E-state index is -1.19. The van der Waals surface area contributed by atoms with Gasteiger partial charge in [-0.3, -0.25) is 4.79 Å². The van der Waals surface area contributed by atoms with Gasteiger partial charge in [0, 0.05) is 26.0 Å². The number of para-hydroxylation sites is 1. The molecule has 1 aliphatic rings. The molecular formula is C18H23N3O2. The average molecular weight is 313 g/mol. The van der Waals surface area contributed by atoms with Crippen molar-refractivity contribution in [1.29, 1.82) is 0 Å². The Morgan fingerprint density at radius 3 is 2.70 bits per heavy atom. The minimum Gasteiger partial charge on any atom is -0.380 e. The van der Waals surface area contributed by atoms with Crippen LogP contribution in [0.4, 0.5) is 5.82 Å². The van der Waals surface area contributed by atoms with Crippen molar-refractivity contribution < 1.29 is 9.90 Å². The number of carbonyl (C=O) groups excluding carboxylic acids is 1. The van der Waals surface area contributed by atoms with Crippen molar-refractivity contribution in [1.82, 2.24) is 10.3 Å². The molecule has 5 heteroatoms. The number of amides is 1. The molecule has 0 bridgehead atoms. The standard InChI is InChI=1S/C18H23N3O2/c1-21(2)16-11-13(14-7-3-4-8-15(14)20-16)12-19-17(22)18(23)9-5-6-10-18/h3-4,7-8,11,23H,5-6,9-10,12H2,1-2H3,(H,19,22). The molecule has 0 unspecified atom stereocenters. The molecule has 1 fully saturated rings. The molecule has 0 radical (unpaired) electrons. The molecule has 1 amide bonds. The van der Waals surface area contributed by atoms with Crippen LogP contribution in [-0.2, 0) is 11.3 Å². The predicted molar refractivity (Wildman–Crippen MR) is 91.3 cm³/mol. The smallest absolute Gasteiger partial charge is 0.252 e. The first-order chi connectivity index (χ1) is 11.0. The normalized spacial score (nSPS) is 16.5. The van der Waals surface area contributed by atoms with Crippen LogP contribution in [0.2, 0.25) is 0 Å². The summed E-state index contributed by atoms with van der Waals surface area (Å²) in [7, 11) is 3.89. The topological polar surface area (TPSA) is 65.5 Å². The Hall–Kier alpha value is -2.14. The molecule has 0 atom stereocenters. The highest BCUT2D eigenvalue weighted by Crippen LogP contribution is 2.30. The van der Waals surface area contributed by atoms with Gasteiger partial charge < -0.3 is 15.3 Å². The van der Waals surface area contributed by atoms with Gasteiger partial charge in [0.1, 0.15) is 11.4 Å². The molecule has 1 aromatic carbocycles. The van der Waals surface area contributed by atoms with E-state index in [0.29, 0.717) is 19.4 Å². The van der Waals surface area contributed by atoms with Crippen LogP contribution in [0.1, 0.15) is 31.2 Å². The van der Waals surface area contributed by atoms with Gasteiger partial charge in [0.05, 0.1) is 5.52 Å². The quantitative estimate of drug-likeness (QED) is 0.908. The van der Waals surface area contributed by atoms with Gasteiger partial charge in [0.15, 0.2) is 0 Å². The molecule has 2 N–H and O–H groups in total. The molecule has 2 aromatic rings. The molecule has 23 heavy (non-hydrogen) atoms. The first-order valence-electron chi connectivity index (χ1n) is 8.06. The maximum atomic E-state index is 12.3. The molecule has 0 saturated heterocycles. The van der Waals surface area contributed by atoms with Crippen molar-refractivity contribution in [2.75, 3.05) is 19.0 Å². The second-order valence-corrected chi connectivity index (χ2v) is 6.47. The van der Waals surface area contributed by atoms with Crippen molar-refractivity contribution in [3.05, 3.63) is 35.9 Å². The number of carbonyl (C=O) groups is 1. The molecule has 1 saturated carbocycles. The van der Waals surface area contributed by atoms with Gasteiger partial charge in [-0.15, -0.1) is 0 Å². The summed E-state index contributed by atoms with van der Waals surface area (Å²) in [6.07, 6.45) is 2.93. The number of pyridine rings is 1. The van der Waals surface area contributed by atoms with Crippen molar-refractivity contribution in [3.8, 4) is 0 Å². The number of aromatic nitrogens is 1. The third kappa shape index (κ3) is 3.15. The summed E-state index contributed by atoms with van der Waals surface area (Å²) in [6, 6.07) is 9.89. The molecular weight excluding hydrogens is 290 g/mol. The summed E-state index contributed by atoms with van der Waals surface area (Å²) < 4.78 is 0. The van der Waals surface area contributed by atoms with Gasteiger partial charge in [-0.2, -0.15) is 0 Å². The van der Waals surface area contributed by atoms with Gasteiger partial charge in [-0.1, -0.05) is 18.2 Å². The van der Waals surface area contributed by atoms with Crippen LogP contribution in [-0.4, -0.2) is 35.7 Å². The zero-order chi connectivity index (χ0) is 16.4. The monoisotopic (exact) mass is 313 g/mol. The van der Waals surface area contributed by atoms with E-state index < -0.39 is 5.60 Å². The fourth-order valence-corrected chi connectivity index (χ4v) is 3.13. The molecule has 3 rings (SSSR count). The SMILES string of the molecule is CN(C)c1cc(CNC(=O)C2(O)CCCC2)c2ccccc2n1. The van der Waals surface area contributed by atoms with E-state index in [1.54, 1.807) is 0 Å². The predicted octanol–water partition coefficient (Wildman–Crippen LogP) is 2.22. The van der Waals surface area contributed by atoms with Gasteiger partial charge in [0.2, 0.25) is 0 Å². The first kappa shape index (κ1) is 15.7. The number of fused-ring (bicyclic) bond motifs is 1. The number of hydrogen-bond acceptors (Lipinski definition) is 4. The highest BCUT2D eigenvalue weighted by molar-refractivity contribution is 5.87. The van der Waals surface area contributed by atoms with Crippen molar-refractivity contribution >= 4 is 22.6 Å². The lowest BCUT2D eigenvalue weighted by molar-refractivity contribution is -0.139. The van der Waals surface area contributed by atoms with Crippen molar-refractivity contribution in [2.45, 2.75) is 37.8 Å². The van der Waals surface area contributed by atoms with Gasteiger partial charge >= 0.3 is 0 Å². The second-order valence-electron chi connectivity index (χ2n) is 6.47. The summed E-state index contributed by atoms with van der Waals surface area (Å²) in [4.78, 5) is 18.9. The van der Waals surface area contributed by atoms with E-state index >= 15 is 0 Å². The maximum Gasteiger partial charge on any atom is 0.252 e. The van der Waals surface area contributed by atoms with Crippen LogP contribution in [0, 0.1) is 0 Å². The fourth-order valence-electron chi connectivity index (χ4n) is 3.13. The number of benzene rings is 1. The molecule has 122 valence electrons. The Kier molecular flexibility index (Phi) is 4.22. The molecule has 1 aromatic heterocycles. The van der Waals surface area contributed by atoms with Gasteiger partial charge in [-0.05, 0) is 43.4 Å². The molecule has 0 spiro atoms. The van der Waals surface area contributed by atoms with Crippen molar-refractivity contribution in [2.24, 2.45) is 0 Å². The Morgan fingerprint density at radius 2 is 2.00 bits per heavy atom. The number of anilines is 1. The van der Waals surface area contributed by atoms with Crippen LogP contribution in [0.15, 0.2) is 30.3 Å². The Balaban J connectivity index is 1.85. The first-order valence-corrected chi connectivity index (χ1v) is 8.06. The molecule has 1 heterocycles. The lowest BCUT2D eigenvalue weighted by Gasteiger charge is -2.21. The van der Waals surface area contributed by atoms with E-state index in [9.17, 15) is 9.90 Å². The number of aliphatic hydroxyl groups is 1. The zero-order valence-electron chi connectivity index (χ0n) is 13.7. The third-order valence-electron chi connectivity index (χ3n) is 4.54. The number of nitrogens with one attached hydrogen (secondary N) is 1. The molecule has 0 aliphatic heterocycles. The molecule has 1 aliphatic carbocycles. The highest BCUT2D eigenvalue weighted by Gasteiger charge is 2.38. The van der Waals surface area contributed by atoms with E-state index in [2.05, 4.69) is 10.3 Å². The summed E-state index contributed by atoms with van der Waals surface area (Å²) in [5, 5.41) is 14.3. The lowest BCUT2D eigenvalue weighted by atomic mass is 10.0. The summed E-state index contributed by atoms with van der Waals surface area (Å²) in [6.45, 7) is 0.394.